The number of ketones is 1. The zero-order valence-corrected chi connectivity index (χ0v) is 9.15. The number of carbonyl (C=O) groups excluding carboxylic acids is 1. The predicted octanol–water partition coefficient (Wildman–Crippen LogP) is 2.59. The molecule has 2 aliphatic rings. The van der Waals surface area contributed by atoms with E-state index in [9.17, 15) is 4.79 Å². The molecule has 0 amide bonds. The van der Waals surface area contributed by atoms with Gasteiger partial charge < -0.3 is 0 Å². The molecule has 0 saturated heterocycles. The van der Waals surface area contributed by atoms with Gasteiger partial charge in [-0.1, -0.05) is 29.8 Å². The third-order valence-corrected chi connectivity index (χ3v) is 5.17. The molecular formula is C10H14BrO. The molecule has 2 fully saturated rings. The maximum absolute atomic E-state index is 11.8. The average Bonchev–Trinajstić information content (AvgIpc) is 2.26. The molecule has 1 nitrogen and oxygen atoms in total. The molecule has 0 heterocycles. The topological polar surface area (TPSA) is 17.1 Å². The van der Waals surface area contributed by atoms with Gasteiger partial charge >= 0.3 is 0 Å². The number of Topliss-reactive ketones (excluding diaryl/α,β-unsaturated/α-hetero) is 1. The molecule has 2 aliphatic carbocycles. The minimum atomic E-state index is -0.300. The lowest BCUT2D eigenvalue weighted by molar-refractivity contribution is -0.126. The summed E-state index contributed by atoms with van der Waals surface area (Å²) in [5.74, 6) is 0.825. The Kier molecular flexibility index (Phi) is 1.56. The molecular weight excluding hydrogens is 216 g/mol. The summed E-state index contributed by atoms with van der Waals surface area (Å²) < 4.78 is 0. The van der Waals surface area contributed by atoms with Crippen molar-refractivity contribution in [3.8, 4) is 0 Å². The number of rotatable bonds is 0. The van der Waals surface area contributed by atoms with E-state index in [4.69, 9.17) is 0 Å². The zero-order valence-electron chi connectivity index (χ0n) is 7.56. The molecule has 2 saturated carbocycles. The Morgan fingerprint density at radius 2 is 2.17 bits per heavy atom. The molecule has 1 radical (unpaired) electrons. The molecule has 2 heteroatoms. The lowest BCUT2D eigenvalue weighted by Crippen LogP contribution is -2.33. The number of alkyl halides is 1. The maximum Gasteiger partial charge on any atom is 0.153 e. The van der Waals surface area contributed by atoms with Gasteiger partial charge in [0.15, 0.2) is 5.78 Å². The van der Waals surface area contributed by atoms with Crippen LogP contribution in [0.4, 0.5) is 0 Å². The van der Waals surface area contributed by atoms with E-state index in [0.717, 1.165) is 12.8 Å². The first kappa shape index (κ1) is 8.74. The number of halogens is 1. The van der Waals surface area contributed by atoms with Gasteiger partial charge in [0, 0.05) is 5.41 Å². The summed E-state index contributed by atoms with van der Waals surface area (Å²) in [4.78, 5) is 11.9. The highest BCUT2D eigenvalue weighted by Gasteiger charge is 2.65. The largest absolute Gasteiger partial charge is 0.298 e. The highest BCUT2D eigenvalue weighted by atomic mass is 79.9. The Morgan fingerprint density at radius 1 is 1.58 bits per heavy atom. The van der Waals surface area contributed by atoms with Gasteiger partial charge in [-0.2, -0.15) is 0 Å². The van der Waals surface area contributed by atoms with E-state index >= 15 is 0 Å². The lowest BCUT2D eigenvalue weighted by atomic mass is 9.70. The average molecular weight is 230 g/mol. The van der Waals surface area contributed by atoms with Crippen molar-refractivity contribution < 1.29 is 4.79 Å². The van der Waals surface area contributed by atoms with Gasteiger partial charge in [-0.25, -0.2) is 0 Å². The summed E-state index contributed by atoms with van der Waals surface area (Å²) >= 11 is 3.48. The summed E-state index contributed by atoms with van der Waals surface area (Å²) in [6.07, 6.45) is 2.13. The third-order valence-electron chi connectivity index (χ3n) is 4.12. The van der Waals surface area contributed by atoms with Gasteiger partial charge in [-0.3, -0.25) is 4.79 Å². The molecule has 2 bridgehead atoms. The molecule has 0 aromatic heterocycles. The Bertz CT molecular complexity index is 246. The highest BCUT2D eigenvalue weighted by molar-refractivity contribution is 9.10. The first-order valence-corrected chi connectivity index (χ1v) is 5.36. The summed E-state index contributed by atoms with van der Waals surface area (Å²) in [5, 5.41) is 0. The number of hydrogen-bond acceptors (Lipinski definition) is 1. The Labute approximate surface area is 82.0 Å². The minimum Gasteiger partial charge on any atom is -0.298 e. The smallest absolute Gasteiger partial charge is 0.153 e. The second-order valence-electron chi connectivity index (χ2n) is 4.71. The molecule has 3 atom stereocenters. The first-order chi connectivity index (χ1) is 5.41. The van der Waals surface area contributed by atoms with Crippen LogP contribution in [0.15, 0.2) is 0 Å². The van der Waals surface area contributed by atoms with Crippen molar-refractivity contribution in [2.75, 3.05) is 0 Å². The van der Waals surface area contributed by atoms with Gasteiger partial charge in [0.2, 0.25) is 0 Å². The van der Waals surface area contributed by atoms with Gasteiger partial charge in [-0.15, -0.1) is 0 Å². The van der Waals surface area contributed by atoms with Crippen LogP contribution < -0.4 is 0 Å². The van der Waals surface area contributed by atoms with Gasteiger partial charge in [0.05, 0.1) is 4.83 Å². The van der Waals surface area contributed by atoms with Crippen LogP contribution in [0.1, 0.15) is 26.7 Å². The van der Waals surface area contributed by atoms with E-state index in [0.29, 0.717) is 11.7 Å². The van der Waals surface area contributed by atoms with E-state index in [1.807, 2.05) is 0 Å². The second kappa shape index (κ2) is 2.14. The molecule has 3 unspecified atom stereocenters. The van der Waals surface area contributed by atoms with Crippen molar-refractivity contribution >= 4 is 21.7 Å². The maximum atomic E-state index is 11.8. The first-order valence-electron chi connectivity index (χ1n) is 4.45. The number of hydrogen-bond donors (Lipinski definition) is 0. The summed E-state index contributed by atoms with van der Waals surface area (Å²) in [7, 11) is 0. The molecule has 67 valence electrons. The Hall–Kier alpha value is 0.150. The predicted molar refractivity (Wildman–Crippen MR) is 52.0 cm³/mol. The van der Waals surface area contributed by atoms with Crippen LogP contribution in [0.3, 0.4) is 0 Å². The normalized spacial score (nSPS) is 50.2. The van der Waals surface area contributed by atoms with Gasteiger partial charge in [-0.05, 0) is 31.1 Å². The van der Waals surface area contributed by atoms with Crippen molar-refractivity contribution in [2.45, 2.75) is 31.5 Å². The molecule has 0 aromatic rings. The second-order valence-corrected chi connectivity index (χ2v) is 5.70. The van der Waals surface area contributed by atoms with Crippen LogP contribution in [-0.4, -0.2) is 10.6 Å². The minimum absolute atomic E-state index is 0.0683. The molecule has 0 spiro atoms. The van der Waals surface area contributed by atoms with E-state index in [1.165, 1.54) is 0 Å². The SMILES string of the molecule is [CH2]C12CCC(C(Br)C1=O)C2(C)C. The van der Waals surface area contributed by atoms with Crippen LogP contribution in [0.2, 0.25) is 0 Å². The lowest BCUT2D eigenvalue weighted by Gasteiger charge is -2.31. The fraction of sp³-hybridized carbons (Fsp3) is 0.800. The quantitative estimate of drug-likeness (QED) is 0.584. The summed E-state index contributed by atoms with van der Waals surface area (Å²) in [6.45, 7) is 8.49. The summed E-state index contributed by atoms with van der Waals surface area (Å²) in [5.41, 5.74) is -0.204. The van der Waals surface area contributed by atoms with Crippen molar-refractivity contribution in [3.63, 3.8) is 0 Å². The molecule has 2 rings (SSSR count). The molecule has 0 N–H and O–H groups in total. The highest BCUT2D eigenvalue weighted by Crippen LogP contribution is 2.64. The van der Waals surface area contributed by atoms with Crippen molar-refractivity contribution in [1.82, 2.24) is 0 Å². The number of fused-ring (bicyclic) bond motifs is 2. The Balaban J connectivity index is 2.50. The van der Waals surface area contributed by atoms with Crippen molar-refractivity contribution in [1.29, 1.82) is 0 Å². The van der Waals surface area contributed by atoms with Crippen molar-refractivity contribution in [2.24, 2.45) is 16.7 Å². The van der Waals surface area contributed by atoms with Crippen LogP contribution in [0.25, 0.3) is 0 Å². The standard InChI is InChI=1S/C10H14BrO/c1-9(2)6-4-5-10(9,3)8(12)7(6)11/h6-7H,3-5H2,1-2H3. The third kappa shape index (κ3) is 0.688. The molecule has 12 heavy (non-hydrogen) atoms. The van der Waals surface area contributed by atoms with Crippen LogP contribution in [-0.2, 0) is 4.79 Å². The monoisotopic (exact) mass is 229 g/mol. The van der Waals surface area contributed by atoms with Gasteiger partial charge in [0.1, 0.15) is 0 Å². The van der Waals surface area contributed by atoms with Crippen molar-refractivity contribution in [3.05, 3.63) is 6.92 Å². The fourth-order valence-corrected chi connectivity index (χ4v) is 4.20. The van der Waals surface area contributed by atoms with E-state index in [2.05, 4.69) is 36.7 Å². The van der Waals surface area contributed by atoms with Crippen LogP contribution in [0, 0.1) is 23.7 Å². The van der Waals surface area contributed by atoms with Crippen LogP contribution >= 0.6 is 15.9 Å². The molecule has 0 aromatic carbocycles. The summed E-state index contributed by atoms with van der Waals surface area (Å²) in [6, 6.07) is 0. The van der Waals surface area contributed by atoms with E-state index in [-0.39, 0.29) is 15.7 Å². The van der Waals surface area contributed by atoms with E-state index < -0.39 is 0 Å². The zero-order chi connectivity index (χ0) is 9.15. The van der Waals surface area contributed by atoms with Crippen LogP contribution in [0.5, 0.6) is 0 Å². The van der Waals surface area contributed by atoms with Gasteiger partial charge in [0.25, 0.3) is 0 Å². The van der Waals surface area contributed by atoms with E-state index in [1.54, 1.807) is 0 Å². The Morgan fingerprint density at radius 3 is 2.42 bits per heavy atom. The fourth-order valence-electron chi connectivity index (χ4n) is 2.84. The number of carbonyl (C=O) groups is 1. The molecule has 0 aliphatic heterocycles.